The average molecular weight is 194 g/mol. The van der Waals surface area contributed by atoms with Crippen molar-refractivity contribution in [3.8, 4) is 0 Å². The van der Waals surface area contributed by atoms with Gasteiger partial charge in [0.05, 0.1) is 0 Å². The highest BCUT2D eigenvalue weighted by Crippen LogP contribution is 2.05. The molecule has 0 heterocycles. The summed E-state index contributed by atoms with van der Waals surface area (Å²) < 4.78 is 13.2. The van der Waals surface area contributed by atoms with Crippen molar-refractivity contribution in [3.63, 3.8) is 0 Å². The number of Topliss-reactive ketones (excluding diaryl/α,β-unsaturated/α-hetero) is 1. The second kappa shape index (κ2) is 4.53. The highest BCUT2D eigenvalue weighted by molar-refractivity contribution is 7.38. The van der Waals surface area contributed by atoms with Crippen LogP contribution in [0.3, 0.4) is 0 Å². The molecule has 0 aromatic heterocycles. The number of carboxylic acid groups (broad SMARTS) is 1. The molecule has 12 heavy (non-hydrogen) atoms. The van der Waals surface area contributed by atoms with E-state index in [0.29, 0.717) is 0 Å². The van der Waals surface area contributed by atoms with Gasteiger partial charge < -0.3 is 14.7 Å². The molecule has 1 atom stereocenters. The molecule has 0 saturated heterocycles. The fraction of sp³-hybridized carbons (Fsp3) is 0.250. The minimum atomic E-state index is -3.04. The summed E-state index contributed by atoms with van der Waals surface area (Å²) in [4.78, 5) is 40.2. The van der Waals surface area contributed by atoms with Crippen molar-refractivity contribution in [3.05, 3.63) is 0 Å². The maximum Gasteiger partial charge on any atom is 0.513 e. The molecule has 0 saturated carbocycles. The van der Waals surface area contributed by atoms with E-state index in [-0.39, 0.29) is 0 Å². The van der Waals surface area contributed by atoms with Crippen molar-refractivity contribution in [2.45, 2.75) is 0 Å². The molecule has 0 rings (SSSR count). The van der Waals surface area contributed by atoms with Crippen molar-refractivity contribution in [1.29, 1.82) is 0 Å². The molecule has 0 aliphatic carbocycles. The molecular weight excluding hydrogens is 191 g/mol. The van der Waals surface area contributed by atoms with Gasteiger partial charge in [0.25, 0.3) is 5.78 Å². The van der Waals surface area contributed by atoms with Crippen LogP contribution in [0.5, 0.6) is 0 Å². The van der Waals surface area contributed by atoms with E-state index in [0.717, 1.165) is 0 Å². The molecule has 7 nitrogen and oxygen atoms in total. The lowest BCUT2D eigenvalue weighted by Gasteiger charge is -1.92. The van der Waals surface area contributed by atoms with E-state index in [2.05, 4.69) is 4.74 Å². The Balaban J connectivity index is 4.03. The molecule has 0 aromatic carbocycles. The van der Waals surface area contributed by atoms with Crippen LogP contribution in [0.25, 0.3) is 0 Å². The number of hydrogen-bond acceptors (Lipinski definition) is 6. The van der Waals surface area contributed by atoms with Crippen LogP contribution in [-0.4, -0.2) is 29.2 Å². The van der Waals surface area contributed by atoms with E-state index >= 15 is 0 Å². The van der Waals surface area contributed by atoms with Gasteiger partial charge in [-0.2, -0.15) is 0 Å². The van der Waals surface area contributed by atoms with E-state index in [1.54, 1.807) is 0 Å². The first kappa shape index (κ1) is 10.7. The van der Waals surface area contributed by atoms with Crippen LogP contribution in [0.15, 0.2) is 0 Å². The summed E-state index contributed by atoms with van der Waals surface area (Å²) >= 11 is 0. The van der Waals surface area contributed by atoms with Crippen molar-refractivity contribution < 1.29 is 33.7 Å². The molecular formula is C4H3O7P. The number of hydrogen-bond donors (Lipinski definition) is 1. The average Bonchev–Trinajstić information content (AvgIpc) is 1.84. The standard InChI is InChI=1S/C4H3O7P/c5-2(1-12(9)10)3(6)11-4(7)8/h1H2,(H,7,8). The number of rotatable bonds is 3. The predicted molar refractivity (Wildman–Crippen MR) is 31.6 cm³/mol. The number of ether oxygens (including phenoxy) is 1. The molecule has 1 N–H and O–H groups in total. The monoisotopic (exact) mass is 194 g/mol. The van der Waals surface area contributed by atoms with E-state index in [4.69, 9.17) is 5.11 Å². The quantitative estimate of drug-likeness (QED) is 0.261. The maximum atomic E-state index is 10.4. The number of carbonyl (C=O) groups is 3. The van der Waals surface area contributed by atoms with Gasteiger partial charge in [-0.25, -0.2) is 9.59 Å². The van der Waals surface area contributed by atoms with Crippen LogP contribution < -0.4 is 4.89 Å². The number of esters is 1. The van der Waals surface area contributed by atoms with Crippen molar-refractivity contribution in [1.82, 2.24) is 0 Å². The summed E-state index contributed by atoms with van der Waals surface area (Å²) in [5, 5.41) is 7.82. The minimum absolute atomic E-state index is 1.04. The third kappa shape index (κ3) is 4.48. The maximum absolute atomic E-state index is 10.4. The van der Waals surface area contributed by atoms with Gasteiger partial charge in [-0.3, -0.25) is 4.79 Å². The van der Waals surface area contributed by atoms with Crippen LogP contribution >= 0.6 is 8.03 Å². The lowest BCUT2D eigenvalue weighted by Crippen LogP contribution is -2.22. The molecule has 0 aliphatic heterocycles. The summed E-state index contributed by atoms with van der Waals surface area (Å²) in [7, 11) is -3.04. The molecule has 0 aliphatic rings. The van der Waals surface area contributed by atoms with Gasteiger partial charge in [-0.1, -0.05) is 4.57 Å². The Morgan fingerprint density at radius 1 is 1.42 bits per heavy atom. The van der Waals surface area contributed by atoms with Gasteiger partial charge in [-0.15, -0.1) is 0 Å². The van der Waals surface area contributed by atoms with Gasteiger partial charge in [0, 0.05) is 0 Å². The summed E-state index contributed by atoms with van der Waals surface area (Å²) in [5.41, 5.74) is 0. The zero-order valence-corrected chi connectivity index (χ0v) is 6.45. The molecule has 1 unspecified atom stereocenters. The highest BCUT2D eigenvalue weighted by atomic mass is 31.1. The van der Waals surface area contributed by atoms with Gasteiger partial charge >= 0.3 is 20.2 Å². The summed E-state index contributed by atoms with van der Waals surface area (Å²) in [5.74, 6) is -3.10. The first-order chi connectivity index (χ1) is 5.43. The third-order valence-corrected chi connectivity index (χ3v) is 1.23. The normalized spacial score (nSPS) is 10.2. The molecule has 0 fully saturated rings. The second-order valence-electron chi connectivity index (χ2n) is 1.57. The Morgan fingerprint density at radius 2 is 1.92 bits per heavy atom. The van der Waals surface area contributed by atoms with Crippen LogP contribution in [-0.2, 0) is 18.9 Å². The first-order valence-electron chi connectivity index (χ1n) is 2.53. The van der Waals surface area contributed by atoms with E-state index < -0.39 is 32.1 Å². The molecule has 0 spiro atoms. The van der Waals surface area contributed by atoms with Crippen molar-refractivity contribution in [2.75, 3.05) is 6.16 Å². The van der Waals surface area contributed by atoms with Gasteiger partial charge in [0.2, 0.25) is 6.16 Å². The Labute approximate surface area is 66.8 Å². The molecule has 0 radical (unpaired) electrons. The Kier molecular flexibility index (Phi) is 4.03. The van der Waals surface area contributed by atoms with Gasteiger partial charge in [-0.05, 0) is 0 Å². The molecule has 0 aromatic rings. The number of carbonyl (C=O) groups excluding carboxylic acids is 2. The van der Waals surface area contributed by atoms with E-state index in [1.165, 1.54) is 0 Å². The SMILES string of the molecule is O=C(O)OC(=O)C(=O)C[P+](=O)[O-]. The smallest absolute Gasteiger partial charge is 0.513 e. The third-order valence-electron chi connectivity index (χ3n) is 0.680. The fourth-order valence-corrected chi connectivity index (χ4v) is 0.682. The van der Waals surface area contributed by atoms with Crippen LogP contribution in [0, 0.1) is 0 Å². The minimum Gasteiger partial charge on any atom is -0.595 e. The Morgan fingerprint density at radius 3 is 2.25 bits per heavy atom. The van der Waals surface area contributed by atoms with Crippen LogP contribution in [0.2, 0.25) is 0 Å². The molecule has 0 amide bonds. The molecule has 66 valence electrons. The predicted octanol–water partition coefficient (Wildman–Crippen LogP) is -1.12. The summed E-state index contributed by atoms with van der Waals surface area (Å²) in [6, 6.07) is 0. The van der Waals surface area contributed by atoms with Crippen molar-refractivity contribution >= 4 is 25.9 Å². The van der Waals surface area contributed by atoms with Gasteiger partial charge in [0.1, 0.15) is 0 Å². The lowest BCUT2D eigenvalue weighted by atomic mass is 10.5. The largest absolute Gasteiger partial charge is 0.595 e. The summed E-state index contributed by atoms with van der Waals surface area (Å²) in [6.07, 6.45) is -2.99. The zero-order valence-electron chi connectivity index (χ0n) is 5.55. The van der Waals surface area contributed by atoms with Crippen LogP contribution in [0.1, 0.15) is 0 Å². The lowest BCUT2D eigenvalue weighted by molar-refractivity contribution is -0.166. The Hall–Kier alpha value is -1.33. The highest BCUT2D eigenvalue weighted by Gasteiger charge is 2.23. The second-order valence-corrected chi connectivity index (χ2v) is 2.55. The zero-order chi connectivity index (χ0) is 9.72. The topological polar surface area (TPSA) is 121 Å². The first-order valence-corrected chi connectivity index (χ1v) is 3.89. The molecule has 0 bridgehead atoms. The summed E-state index contributed by atoms with van der Waals surface area (Å²) in [6.45, 7) is 0. The van der Waals surface area contributed by atoms with E-state index in [1.807, 2.05) is 0 Å². The van der Waals surface area contributed by atoms with Crippen molar-refractivity contribution in [2.24, 2.45) is 0 Å². The van der Waals surface area contributed by atoms with E-state index in [9.17, 15) is 23.8 Å². The molecule has 8 heteroatoms. The Bertz CT molecular complexity index is 218. The van der Waals surface area contributed by atoms with Gasteiger partial charge in [0.15, 0.2) is 0 Å². The number of ketones is 1. The fourth-order valence-electron chi connectivity index (χ4n) is 0.318. The van der Waals surface area contributed by atoms with Crippen LogP contribution in [0.4, 0.5) is 4.79 Å².